The summed E-state index contributed by atoms with van der Waals surface area (Å²) in [6, 6.07) is 6.53. The van der Waals surface area contributed by atoms with Crippen LogP contribution in [0.15, 0.2) is 24.3 Å². The number of aliphatic hydroxyl groups is 2. The summed E-state index contributed by atoms with van der Waals surface area (Å²) in [6.45, 7) is -0.520. The number of nitrogen functional groups attached to an aromatic ring is 1. The van der Waals surface area contributed by atoms with Crippen LogP contribution < -0.4 is 5.73 Å². The van der Waals surface area contributed by atoms with Gasteiger partial charge in [0.15, 0.2) is 0 Å². The van der Waals surface area contributed by atoms with Crippen molar-refractivity contribution in [3.05, 3.63) is 29.8 Å². The lowest BCUT2D eigenvalue weighted by molar-refractivity contribution is -0.0223. The van der Waals surface area contributed by atoms with Gasteiger partial charge in [-0.3, -0.25) is 4.52 Å². The third kappa shape index (κ3) is 3.56. The Hall–Kier alpha value is -0.990. The fourth-order valence-electron chi connectivity index (χ4n) is 2.02. The van der Waals surface area contributed by atoms with Crippen LogP contribution in [-0.2, 0) is 13.8 Å². The number of nitrogens with two attached hydrogens (primary N) is 1. The average molecular weight is 305 g/mol. The lowest BCUT2D eigenvalue weighted by Crippen LogP contribution is -2.33. The Morgan fingerprint density at radius 1 is 1.20 bits per heavy atom. The molecule has 0 aromatic heterocycles. The predicted molar refractivity (Wildman–Crippen MR) is 68.5 cm³/mol. The van der Waals surface area contributed by atoms with Crippen molar-refractivity contribution in [2.75, 3.05) is 12.3 Å². The monoisotopic (exact) mass is 305 g/mol. The van der Waals surface area contributed by atoms with E-state index in [1.54, 1.807) is 24.3 Å². The van der Waals surface area contributed by atoms with Crippen molar-refractivity contribution in [3.8, 4) is 0 Å². The van der Waals surface area contributed by atoms with Gasteiger partial charge in [-0.05, 0) is 17.7 Å². The minimum Gasteiger partial charge on any atom is -0.399 e. The number of anilines is 1. The van der Waals surface area contributed by atoms with Gasteiger partial charge in [0.05, 0.1) is 6.61 Å². The van der Waals surface area contributed by atoms with Crippen LogP contribution in [0.25, 0.3) is 0 Å². The van der Waals surface area contributed by atoms with Gasteiger partial charge in [-0.15, -0.1) is 0 Å². The molecule has 8 nitrogen and oxygen atoms in total. The second kappa shape index (κ2) is 5.79. The quantitative estimate of drug-likeness (QED) is 0.371. The lowest BCUT2D eigenvalue weighted by atomic mass is 10.0. The van der Waals surface area contributed by atoms with Crippen LogP contribution in [0.4, 0.5) is 5.69 Å². The highest BCUT2D eigenvalue weighted by Gasteiger charge is 2.44. The van der Waals surface area contributed by atoms with Crippen LogP contribution in [-0.4, -0.2) is 44.9 Å². The van der Waals surface area contributed by atoms with Crippen LogP contribution in [0.3, 0.4) is 0 Å². The fraction of sp³-hybridized carbons (Fsp3) is 0.455. The van der Waals surface area contributed by atoms with Gasteiger partial charge in [0.2, 0.25) is 0 Å². The molecule has 0 saturated carbocycles. The first kappa shape index (κ1) is 15.4. The molecule has 20 heavy (non-hydrogen) atoms. The number of hydrogen-bond donors (Lipinski definition) is 5. The number of phosphoric acid groups is 1. The Morgan fingerprint density at radius 2 is 1.80 bits per heavy atom. The first-order valence-corrected chi connectivity index (χ1v) is 7.38. The number of aliphatic hydroxyl groups excluding tert-OH is 2. The topological polar surface area (TPSA) is 142 Å². The normalized spacial score (nSPS) is 30.6. The second-order valence-electron chi connectivity index (χ2n) is 4.53. The number of benzene rings is 1. The van der Waals surface area contributed by atoms with Crippen LogP contribution in [0, 0.1) is 0 Å². The summed E-state index contributed by atoms with van der Waals surface area (Å²) in [5.74, 6) is 0. The van der Waals surface area contributed by atoms with Crippen molar-refractivity contribution in [1.29, 1.82) is 0 Å². The molecule has 0 amide bonds. The van der Waals surface area contributed by atoms with Gasteiger partial charge in [0.1, 0.15) is 24.4 Å². The van der Waals surface area contributed by atoms with E-state index in [2.05, 4.69) is 4.52 Å². The van der Waals surface area contributed by atoms with E-state index in [1.165, 1.54) is 0 Å². The van der Waals surface area contributed by atoms with Crippen molar-refractivity contribution in [2.45, 2.75) is 24.4 Å². The smallest absolute Gasteiger partial charge is 0.399 e. The van der Waals surface area contributed by atoms with Gasteiger partial charge in [0.25, 0.3) is 0 Å². The molecule has 1 saturated heterocycles. The molecule has 0 bridgehead atoms. The van der Waals surface area contributed by atoms with Gasteiger partial charge < -0.3 is 30.5 Å². The molecule has 1 aliphatic heterocycles. The molecule has 1 heterocycles. The Kier molecular flexibility index (Phi) is 4.46. The van der Waals surface area contributed by atoms with Gasteiger partial charge in [-0.1, -0.05) is 12.1 Å². The molecule has 0 unspecified atom stereocenters. The maximum Gasteiger partial charge on any atom is 0.469 e. The van der Waals surface area contributed by atoms with Crippen LogP contribution >= 0.6 is 7.82 Å². The first-order valence-electron chi connectivity index (χ1n) is 5.85. The van der Waals surface area contributed by atoms with Gasteiger partial charge in [-0.2, -0.15) is 0 Å². The van der Waals surface area contributed by atoms with E-state index in [4.69, 9.17) is 20.3 Å². The van der Waals surface area contributed by atoms with Crippen LogP contribution in [0.5, 0.6) is 0 Å². The zero-order valence-corrected chi connectivity index (χ0v) is 11.3. The van der Waals surface area contributed by atoms with Crippen molar-refractivity contribution in [1.82, 2.24) is 0 Å². The molecule has 2 rings (SSSR count). The molecule has 1 aliphatic rings. The number of hydrogen-bond acceptors (Lipinski definition) is 6. The molecule has 1 aromatic rings. The SMILES string of the molecule is Nc1ccc([C@@H]2O[C@H](COP(=O)(O)O)[C@@H](O)[C@H]2O)cc1. The Labute approximate surface area is 115 Å². The molecular formula is C11H16NO7P. The minimum absolute atomic E-state index is 0.520. The largest absolute Gasteiger partial charge is 0.469 e. The number of ether oxygens (including phenoxy) is 1. The predicted octanol–water partition coefficient (Wildman–Crippen LogP) is -0.460. The zero-order valence-electron chi connectivity index (χ0n) is 10.4. The van der Waals surface area contributed by atoms with E-state index >= 15 is 0 Å². The maximum absolute atomic E-state index is 10.6. The third-order valence-electron chi connectivity index (χ3n) is 3.03. The summed E-state index contributed by atoms with van der Waals surface area (Å²) < 4.78 is 20.3. The molecule has 112 valence electrons. The highest BCUT2D eigenvalue weighted by atomic mass is 31.2. The van der Waals surface area contributed by atoms with Gasteiger partial charge in [0, 0.05) is 5.69 Å². The Morgan fingerprint density at radius 3 is 2.35 bits per heavy atom. The number of rotatable bonds is 4. The van der Waals surface area contributed by atoms with Gasteiger partial charge >= 0.3 is 7.82 Å². The standard InChI is InChI=1S/C11H16NO7P/c12-7-3-1-6(2-4-7)11-10(14)9(13)8(19-11)5-18-20(15,16)17/h1-4,8-11,13-14H,5,12H2,(H2,15,16,17)/t8-,9-,10-,11+/m1/s1. The fourth-order valence-corrected chi connectivity index (χ4v) is 2.36. The Balaban J connectivity index is 2.06. The molecule has 9 heteroatoms. The average Bonchev–Trinajstić information content (AvgIpc) is 2.64. The summed E-state index contributed by atoms with van der Waals surface area (Å²) in [5.41, 5.74) is 6.70. The summed E-state index contributed by atoms with van der Waals surface area (Å²) in [5, 5.41) is 19.7. The van der Waals surface area contributed by atoms with Crippen LogP contribution in [0.2, 0.25) is 0 Å². The molecule has 1 aromatic carbocycles. The Bertz CT molecular complexity index is 502. The molecule has 0 aliphatic carbocycles. The van der Waals surface area contributed by atoms with Crippen molar-refractivity contribution in [2.24, 2.45) is 0 Å². The summed E-state index contributed by atoms with van der Waals surface area (Å²) in [4.78, 5) is 17.2. The highest BCUT2D eigenvalue weighted by Crippen LogP contribution is 2.39. The summed E-state index contributed by atoms with van der Waals surface area (Å²) in [7, 11) is -4.65. The molecule has 6 N–H and O–H groups in total. The van der Waals surface area contributed by atoms with Crippen molar-refractivity contribution in [3.63, 3.8) is 0 Å². The lowest BCUT2D eigenvalue weighted by Gasteiger charge is -2.15. The first-order chi connectivity index (χ1) is 9.28. The third-order valence-corrected chi connectivity index (χ3v) is 3.52. The van der Waals surface area contributed by atoms with Gasteiger partial charge in [-0.25, -0.2) is 4.57 Å². The molecule has 1 fully saturated rings. The molecule has 4 atom stereocenters. The molecule has 0 spiro atoms. The van der Waals surface area contributed by atoms with E-state index in [9.17, 15) is 14.8 Å². The summed E-state index contributed by atoms with van der Waals surface area (Å²) in [6.07, 6.45) is -4.36. The molecular weight excluding hydrogens is 289 g/mol. The van der Waals surface area contributed by atoms with E-state index < -0.39 is 38.8 Å². The van der Waals surface area contributed by atoms with E-state index in [0.717, 1.165) is 0 Å². The zero-order chi connectivity index (χ0) is 14.9. The van der Waals surface area contributed by atoms with E-state index in [0.29, 0.717) is 11.3 Å². The van der Waals surface area contributed by atoms with Crippen molar-refractivity contribution < 1.29 is 33.8 Å². The van der Waals surface area contributed by atoms with E-state index in [1.807, 2.05) is 0 Å². The highest BCUT2D eigenvalue weighted by molar-refractivity contribution is 7.46. The second-order valence-corrected chi connectivity index (χ2v) is 5.77. The maximum atomic E-state index is 10.6. The van der Waals surface area contributed by atoms with E-state index in [-0.39, 0.29) is 0 Å². The van der Waals surface area contributed by atoms with Crippen LogP contribution in [0.1, 0.15) is 11.7 Å². The van der Waals surface area contributed by atoms with Crippen molar-refractivity contribution >= 4 is 13.5 Å². The number of phosphoric ester groups is 1. The minimum atomic E-state index is -4.65. The molecule has 0 radical (unpaired) electrons. The summed E-state index contributed by atoms with van der Waals surface area (Å²) >= 11 is 0.